The number of aromatic nitrogens is 6. The number of nitrogens with one attached hydrogen (secondary N) is 3. The van der Waals surface area contributed by atoms with Crippen LogP contribution in [-0.4, -0.2) is 88.6 Å². The molecule has 3 aromatic heterocycles. The molecule has 0 unspecified atom stereocenters. The molecule has 304 valence electrons. The Balaban J connectivity index is 0.924. The Kier molecular flexibility index (Phi) is 12.0. The standard InChI is InChI=1S/C47H54N10O2/c1-5-55(6-2)42(36-13-8-7-9-14-36)46(59)57-28-11-16-40(57)44-51-30-38(53-44)35-23-19-33(20-24-35)32-17-21-34(22-18-32)37-29-50-43(52-37)39-15-10-27-56(39)45(58)41(31(3)4)54-47-48-25-12-26-49-47/h7-9,12-14,17-26,29-31,39-42H,5-6,10-11,15-16,27-28H2,1-4H3,(H,50,52)(H,51,53)(H,48,49,54)/t39-,40-,41+,42+/m0/s1. The highest BCUT2D eigenvalue weighted by molar-refractivity contribution is 5.85. The molecule has 5 heterocycles. The van der Waals surface area contributed by atoms with Gasteiger partial charge >= 0.3 is 0 Å². The molecule has 2 saturated heterocycles. The van der Waals surface area contributed by atoms with Crippen molar-refractivity contribution in [2.75, 3.05) is 31.5 Å². The summed E-state index contributed by atoms with van der Waals surface area (Å²) in [6.07, 6.45) is 10.7. The van der Waals surface area contributed by atoms with Gasteiger partial charge in [0.05, 0.1) is 35.9 Å². The van der Waals surface area contributed by atoms with E-state index in [9.17, 15) is 9.59 Å². The molecule has 2 amide bonds. The van der Waals surface area contributed by atoms with E-state index in [0.29, 0.717) is 12.5 Å². The molecule has 0 saturated carbocycles. The van der Waals surface area contributed by atoms with Crippen LogP contribution in [0.15, 0.2) is 110 Å². The lowest BCUT2D eigenvalue weighted by Gasteiger charge is -2.34. The van der Waals surface area contributed by atoms with Crippen molar-refractivity contribution in [2.45, 2.75) is 77.5 Å². The minimum Gasteiger partial charge on any atom is -0.342 e. The SMILES string of the molecule is CCN(CC)[C@@H](C(=O)N1CCC[C@H]1c1ncc(-c2ccc(-c3ccc(-c4cnc([C@@H]5CCCN5C(=O)[C@H](Nc5ncccn5)C(C)C)[nH]4)cc3)cc2)[nH]1)c1ccccc1. The summed E-state index contributed by atoms with van der Waals surface area (Å²) >= 11 is 0. The molecule has 59 heavy (non-hydrogen) atoms. The summed E-state index contributed by atoms with van der Waals surface area (Å²) in [4.78, 5) is 59.5. The van der Waals surface area contributed by atoms with E-state index in [4.69, 9.17) is 9.97 Å². The number of carbonyl (C=O) groups is 2. The van der Waals surface area contributed by atoms with E-state index in [1.54, 1.807) is 18.5 Å². The molecular weight excluding hydrogens is 737 g/mol. The van der Waals surface area contributed by atoms with Crippen molar-refractivity contribution in [1.82, 2.24) is 44.6 Å². The van der Waals surface area contributed by atoms with E-state index in [-0.39, 0.29) is 35.9 Å². The summed E-state index contributed by atoms with van der Waals surface area (Å²) in [5, 5.41) is 3.26. The van der Waals surface area contributed by atoms with Crippen molar-refractivity contribution in [3.05, 3.63) is 127 Å². The van der Waals surface area contributed by atoms with Gasteiger partial charge in [-0.1, -0.05) is 107 Å². The predicted molar refractivity (Wildman–Crippen MR) is 231 cm³/mol. The van der Waals surface area contributed by atoms with Crippen molar-refractivity contribution in [3.8, 4) is 33.6 Å². The largest absolute Gasteiger partial charge is 0.342 e. The van der Waals surface area contributed by atoms with Gasteiger partial charge in [-0.2, -0.15) is 0 Å². The number of benzene rings is 3. The van der Waals surface area contributed by atoms with Crippen LogP contribution >= 0.6 is 0 Å². The number of carbonyl (C=O) groups excluding carboxylic acids is 2. The number of nitrogens with zero attached hydrogens (tertiary/aromatic N) is 7. The molecule has 0 bridgehead atoms. The Hall–Kier alpha value is -6.14. The van der Waals surface area contributed by atoms with E-state index in [0.717, 1.165) is 96.2 Å². The number of likely N-dealkylation sites (tertiary alicyclic amines) is 2. The third-order valence-electron chi connectivity index (χ3n) is 11.9. The van der Waals surface area contributed by atoms with Crippen molar-refractivity contribution in [1.29, 1.82) is 0 Å². The Labute approximate surface area is 346 Å². The first-order valence-corrected chi connectivity index (χ1v) is 21.1. The number of anilines is 1. The topological polar surface area (TPSA) is 139 Å². The normalized spacial score (nSPS) is 17.8. The first-order chi connectivity index (χ1) is 28.8. The first kappa shape index (κ1) is 39.7. The zero-order chi connectivity index (χ0) is 40.9. The van der Waals surface area contributed by atoms with E-state index in [1.165, 1.54) is 0 Å². The lowest BCUT2D eigenvalue weighted by Crippen LogP contribution is -2.45. The summed E-state index contributed by atoms with van der Waals surface area (Å²) in [5.41, 5.74) is 7.16. The molecule has 8 rings (SSSR count). The predicted octanol–water partition coefficient (Wildman–Crippen LogP) is 8.47. The van der Waals surface area contributed by atoms with Gasteiger partial charge < -0.3 is 25.1 Å². The van der Waals surface area contributed by atoms with Gasteiger partial charge in [-0.05, 0) is 78.6 Å². The van der Waals surface area contributed by atoms with Gasteiger partial charge in [-0.15, -0.1) is 0 Å². The fourth-order valence-corrected chi connectivity index (χ4v) is 8.72. The highest BCUT2D eigenvalue weighted by atomic mass is 16.2. The quantitative estimate of drug-likeness (QED) is 0.0999. The molecule has 3 aromatic carbocycles. The van der Waals surface area contributed by atoms with Gasteiger partial charge in [-0.25, -0.2) is 19.9 Å². The zero-order valence-corrected chi connectivity index (χ0v) is 34.4. The number of aromatic amines is 2. The van der Waals surface area contributed by atoms with E-state index in [1.807, 2.05) is 54.2 Å². The van der Waals surface area contributed by atoms with Crippen LogP contribution in [0.4, 0.5) is 5.95 Å². The fourth-order valence-electron chi connectivity index (χ4n) is 8.72. The number of hydrogen-bond acceptors (Lipinski definition) is 8. The monoisotopic (exact) mass is 790 g/mol. The van der Waals surface area contributed by atoms with E-state index in [2.05, 4.69) is 105 Å². The molecule has 12 nitrogen and oxygen atoms in total. The maximum atomic E-state index is 14.2. The molecule has 0 aliphatic carbocycles. The van der Waals surface area contributed by atoms with Gasteiger partial charge in [0.15, 0.2) is 0 Å². The van der Waals surface area contributed by atoms with Gasteiger partial charge in [-0.3, -0.25) is 14.5 Å². The Morgan fingerprint density at radius 1 is 0.678 bits per heavy atom. The third-order valence-corrected chi connectivity index (χ3v) is 11.9. The summed E-state index contributed by atoms with van der Waals surface area (Å²) in [5.74, 6) is 2.31. The zero-order valence-electron chi connectivity index (χ0n) is 34.4. The lowest BCUT2D eigenvalue weighted by atomic mass is 10.0. The molecule has 0 radical (unpaired) electrons. The third kappa shape index (κ3) is 8.40. The second-order valence-corrected chi connectivity index (χ2v) is 15.9. The minimum atomic E-state index is -0.442. The Morgan fingerprint density at radius 3 is 1.66 bits per heavy atom. The second kappa shape index (κ2) is 17.8. The van der Waals surface area contributed by atoms with Crippen LogP contribution in [0.5, 0.6) is 0 Å². The highest BCUT2D eigenvalue weighted by Gasteiger charge is 2.39. The molecule has 12 heteroatoms. The number of hydrogen-bond donors (Lipinski definition) is 3. The van der Waals surface area contributed by atoms with Crippen LogP contribution < -0.4 is 5.32 Å². The Morgan fingerprint density at radius 2 is 1.17 bits per heavy atom. The van der Waals surface area contributed by atoms with Crippen LogP contribution in [0.1, 0.15) is 88.7 Å². The van der Waals surface area contributed by atoms with Crippen LogP contribution in [0, 0.1) is 5.92 Å². The maximum Gasteiger partial charge on any atom is 0.246 e. The van der Waals surface area contributed by atoms with Gasteiger partial charge in [0, 0.05) is 25.5 Å². The fraction of sp³-hybridized carbons (Fsp3) is 0.362. The molecule has 2 aliphatic heterocycles. The highest BCUT2D eigenvalue weighted by Crippen LogP contribution is 2.37. The van der Waals surface area contributed by atoms with E-state index < -0.39 is 6.04 Å². The summed E-state index contributed by atoms with van der Waals surface area (Å²) in [7, 11) is 0. The minimum absolute atomic E-state index is 0.0341. The van der Waals surface area contributed by atoms with Crippen LogP contribution in [0.3, 0.4) is 0 Å². The number of H-pyrrole nitrogens is 2. The molecule has 2 aliphatic rings. The maximum absolute atomic E-state index is 14.2. The number of likely N-dealkylation sites (N-methyl/N-ethyl adjacent to an activating group) is 1. The molecule has 3 N–H and O–H groups in total. The van der Waals surface area contributed by atoms with Crippen molar-refractivity contribution in [2.24, 2.45) is 5.92 Å². The van der Waals surface area contributed by atoms with Crippen LogP contribution in [-0.2, 0) is 9.59 Å². The van der Waals surface area contributed by atoms with E-state index >= 15 is 0 Å². The molecule has 4 atom stereocenters. The molecule has 6 aromatic rings. The molecule has 2 fully saturated rings. The average Bonchev–Trinajstić information content (AvgIpc) is 4.12. The first-order valence-electron chi connectivity index (χ1n) is 21.1. The van der Waals surface area contributed by atoms with Gasteiger partial charge in [0.1, 0.15) is 23.7 Å². The van der Waals surface area contributed by atoms with Crippen molar-refractivity contribution < 1.29 is 9.59 Å². The molecular formula is C47H54N10O2. The summed E-state index contributed by atoms with van der Waals surface area (Å²) in [6.45, 7) is 11.3. The number of rotatable bonds is 14. The van der Waals surface area contributed by atoms with Crippen molar-refractivity contribution >= 4 is 17.8 Å². The smallest absolute Gasteiger partial charge is 0.246 e. The van der Waals surface area contributed by atoms with Gasteiger partial charge in [0.25, 0.3) is 0 Å². The number of imidazole rings is 2. The van der Waals surface area contributed by atoms with Crippen LogP contribution in [0.25, 0.3) is 33.6 Å². The second-order valence-electron chi connectivity index (χ2n) is 15.9. The summed E-state index contributed by atoms with van der Waals surface area (Å²) in [6, 6.07) is 27.9. The van der Waals surface area contributed by atoms with Gasteiger partial charge in [0.2, 0.25) is 17.8 Å². The lowest BCUT2D eigenvalue weighted by molar-refractivity contribution is -0.138. The summed E-state index contributed by atoms with van der Waals surface area (Å²) < 4.78 is 0. The average molecular weight is 791 g/mol. The molecule has 0 spiro atoms. The number of amides is 2. The van der Waals surface area contributed by atoms with Crippen molar-refractivity contribution in [3.63, 3.8) is 0 Å². The van der Waals surface area contributed by atoms with Crippen LogP contribution in [0.2, 0.25) is 0 Å². The Bertz CT molecular complexity index is 2300.